The third-order valence-corrected chi connectivity index (χ3v) is 2.03. The first-order valence-electron chi connectivity index (χ1n) is 3.57. The van der Waals surface area contributed by atoms with Gasteiger partial charge in [-0.15, -0.1) is 0 Å². The highest BCUT2D eigenvalue weighted by molar-refractivity contribution is 7.80. The summed E-state index contributed by atoms with van der Waals surface area (Å²) in [6.07, 6.45) is 3.16. The van der Waals surface area contributed by atoms with Gasteiger partial charge in [0, 0.05) is 11.3 Å². The maximum absolute atomic E-state index is 13.1. The number of rotatable bonds is 2. The smallest absolute Gasteiger partial charge is 0.151 e. The molecule has 0 bridgehead atoms. The summed E-state index contributed by atoms with van der Waals surface area (Å²) in [5.41, 5.74) is 0.264. The van der Waals surface area contributed by atoms with Crippen molar-refractivity contribution in [1.29, 1.82) is 0 Å². The van der Waals surface area contributed by atoms with Crippen LogP contribution in [0.25, 0.3) is 6.08 Å². The lowest BCUT2D eigenvalue weighted by atomic mass is 10.2. The highest BCUT2D eigenvalue weighted by Crippen LogP contribution is 2.22. The second-order valence-corrected chi connectivity index (χ2v) is 3.09. The van der Waals surface area contributed by atoms with Gasteiger partial charge in [0.15, 0.2) is 5.82 Å². The molecule has 0 N–H and O–H groups in total. The van der Waals surface area contributed by atoms with Gasteiger partial charge in [0.2, 0.25) is 0 Å². The third kappa shape index (κ3) is 2.45. The molecule has 0 unspecified atom stereocenters. The van der Waals surface area contributed by atoms with Gasteiger partial charge >= 0.3 is 0 Å². The number of benzene rings is 1. The van der Waals surface area contributed by atoms with Crippen LogP contribution < -0.4 is 0 Å². The van der Waals surface area contributed by atoms with Crippen LogP contribution in [0.15, 0.2) is 18.2 Å². The summed E-state index contributed by atoms with van der Waals surface area (Å²) < 4.78 is 25.8. The zero-order valence-electron chi connectivity index (χ0n) is 6.60. The van der Waals surface area contributed by atoms with E-state index in [9.17, 15) is 8.78 Å². The monoisotopic (exact) mass is 220 g/mol. The van der Waals surface area contributed by atoms with Gasteiger partial charge in [-0.1, -0.05) is 23.8 Å². The van der Waals surface area contributed by atoms with Crippen molar-refractivity contribution in [3.8, 4) is 0 Å². The Morgan fingerprint density at radius 1 is 1.38 bits per heavy atom. The summed E-state index contributed by atoms with van der Waals surface area (Å²) in [4.78, 5) is 0. The van der Waals surface area contributed by atoms with E-state index in [4.69, 9.17) is 11.6 Å². The van der Waals surface area contributed by atoms with E-state index in [0.29, 0.717) is 5.75 Å². The van der Waals surface area contributed by atoms with Gasteiger partial charge in [0.25, 0.3) is 0 Å². The Hall–Kier alpha value is -0.540. The fourth-order valence-corrected chi connectivity index (χ4v) is 1.13. The van der Waals surface area contributed by atoms with Crippen LogP contribution in [0, 0.1) is 11.6 Å². The van der Waals surface area contributed by atoms with Gasteiger partial charge in [-0.05, 0) is 12.1 Å². The Morgan fingerprint density at radius 3 is 2.69 bits per heavy atom. The quantitative estimate of drug-likeness (QED) is 0.572. The van der Waals surface area contributed by atoms with E-state index in [1.807, 2.05) is 0 Å². The third-order valence-electron chi connectivity index (χ3n) is 1.47. The van der Waals surface area contributed by atoms with E-state index in [0.717, 1.165) is 6.07 Å². The average Bonchev–Trinajstić information content (AvgIpc) is 2.13. The molecule has 0 aliphatic heterocycles. The summed E-state index contributed by atoms with van der Waals surface area (Å²) in [5.74, 6) is -0.990. The first-order valence-corrected chi connectivity index (χ1v) is 4.58. The normalized spacial score (nSPS) is 11.1. The first kappa shape index (κ1) is 10.5. The van der Waals surface area contributed by atoms with Crippen LogP contribution in [0.5, 0.6) is 0 Å². The van der Waals surface area contributed by atoms with Crippen molar-refractivity contribution in [2.75, 3.05) is 5.75 Å². The van der Waals surface area contributed by atoms with Crippen molar-refractivity contribution < 1.29 is 8.78 Å². The topological polar surface area (TPSA) is 0 Å². The standard InChI is InChI=1S/C9H7ClF2S/c10-8-7(11)4-3-6(9(8)12)2-1-5-13/h1-4,13H,5H2. The summed E-state index contributed by atoms with van der Waals surface area (Å²) in [6.45, 7) is 0. The number of hydrogen-bond acceptors (Lipinski definition) is 1. The Labute approximate surface area is 85.6 Å². The van der Waals surface area contributed by atoms with E-state index in [-0.39, 0.29) is 5.56 Å². The molecule has 0 aliphatic carbocycles. The molecule has 13 heavy (non-hydrogen) atoms. The van der Waals surface area contributed by atoms with Gasteiger partial charge < -0.3 is 0 Å². The number of hydrogen-bond donors (Lipinski definition) is 1. The minimum Gasteiger partial charge on any atom is -0.205 e. The second kappa shape index (κ2) is 4.63. The fourth-order valence-electron chi connectivity index (χ4n) is 0.849. The van der Waals surface area contributed by atoms with Crippen molar-refractivity contribution in [2.45, 2.75) is 0 Å². The molecule has 70 valence electrons. The lowest BCUT2D eigenvalue weighted by molar-refractivity contribution is 0.582. The molecule has 4 heteroatoms. The maximum Gasteiger partial charge on any atom is 0.151 e. The molecule has 0 radical (unpaired) electrons. The van der Waals surface area contributed by atoms with Crippen molar-refractivity contribution >= 4 is 30.3 Å². The van der Waals surface area contributed by atoms with E-state index in [1.165, 1.54) is 12.1 Å². The largest absolute Gasteiger partial charge is 0.205 e. The molecule has 0 nitrogen and oxygen atoms in total. The Bertz CT molecular complexity index is 337. The summed E-state index contributed by atoms with van der Waals surface area (Å²) >= 11 is 9.27. The molecule has 0 aliphatic rings. The molecule has 1 aromatic rings. The summed E-state index contributed by atoms with van der Waals surface area (Å²) in [5, 5.41) is -0.471. The summed E-state index contributed by atoms with van der Waals surface area (Å²) in [6, 6.07) is 2.46. The van der Waals surface area contributed by atoms with Crippen LogP contribution in [-0.4, -0.2) is 5.75 Å². The molecule has 0 heterocycles. The lowest BCUT2D eigenvalue weighted by Gasteiger charge is -1.99. The molecule has 0 saturated carbocycles. The molecule has 0 spiro atoms. The van der Waals surface area contributed by atoms with Crippen LogP contribution in [0.3, 0.4) is 0 Å². The molecule has 1 rings (SSSR count). The Morgan fingerprint density at radius 2 is 2.08 bits per heavy atom. The van der Waals surface area contributed by atoms with Gasteiger partial charge in [0.1, 0.15) is 10.8 Å². The Kier molecular flexibility index (Phi) is 3.75. The molecular weight excluding hydrogens is 214 g/mol. The maximum atomic E-state index is 13.1. The van der Waals surface area contributed by atoms with Crippen LogP contribution in [0.1, 0.15) is 5.56 Å². The van der Waals surface area contributed by atoms with Crippen LogP contribution in [0.2, 0.25) is 5.02 Å². The predicted octanol–water partition coefficient (Wildman–Crippen LogP) is 3.56. The second-order valence-electron chi connectivity index (χ2n) is 2.35. The minimum atomic E-state index is -0.748. The zero-order chi connectivity index (χ0) is 9.84. The van der Waals surface area contributed by atoms with Gasteiger partial charge in [-0.25, -0.2) is 8.78 Å². The molecule has 0 aromatic heterocycles. The number of thiol groups is 1. The van der Waals surface area contributed by atoms with E-state index >= 15 is 0 Å². The van der Waals surface area contributed by atoms with E-state index < -0.39 is 16.7 Å². The van der Waals surface area contributed by atoms with Crippen LogP contribution >= 0.6 is 24.2 Å². The molecule has 0 saturated heterocycles. The van der Waals surface area contributed by atoms with Crippen molar-refractivity contribution in [1.82, 2.24) is 0 Å². The molecule has 0 amide bonds. The van der Waals surface area contributed by atoms with Gasteiger partial charge in [0.05, 0.1) is 0 Å². The predicted molar refractivity (Wildman–Crippen MR) is 54.3 cm³/mol. The van der Waals surface area contributed by atoms with Gasteiger partial charge in [-0.3, -0.25) is 0 Å². The van der Waals surface area contributed by atoms with Crippen molar-refractivity contribution in [2.24, 2.45) is 0 Å². The number of halogens is 3. The molecule has 0 atom stereocenters. The highest BCUT2D eigenvalue weighted by atomic mass is 35.5. The van der Waals surface area contributed by atoms with Crippen molar-refractivity contribution in [3.63, 3.8) is 0 Å². The zero-order valence-corrected chi connectivity index (χ0v) is 8.25. The molecule has 0 fully saturated rings. The lowest BCUT2D eigenvalue weighted by Crippen LogP contribution is -1.87. The van der Waals surface area contributed by atoms with E-state index in [1.54, 1.807) is 6.08 Å². The molecular formula is C9H7ClF2S. The van der Waals surface area contributed by atoms with Gasteiger partial charge in [-0.2, -0.15) is 12.6 Å². The average molecular weight is 221 g/mol. The van der Waals surface area contributed by atoms with Crippen LogP contribution in [-0.2, 0) is 0 Å². The highest BCUT2D eigenvalue weighted by Gasteiger charge is 2.08. The SMILES string of the molecule is Fc1ccc(C=CCS)c(F)c1Cl. The molecule has 1 aromatic carbocycles. The fraction of sp³-hybridized carbons (Fsp3) is 0.111. The Balaban J connectivity index is 3.11. The van der Waals surface area contributed by atoms with Crippen molar-refractivity contribution in [3.05, 3.63) is 40.4 Å². The minimum absolute atomic E-state index is 0.264. The van der Waals surface area contributed by atoms with Crippen LogP contribution in [0.4, 0.5) is 8.78 Å². The van der Waals surface area contributed by atoms with E-state index in [2.05, 4.69) is 12.6 Å². The first-order chi connectivity index (χ1) is 6.16. The summed E-state index contributed by atoms with van der Waals surface area (Å²) in [7, 11) is 0.